The van der Waals surface area contributed by atoms with Crippen molar-refractivity contribution in [1.82, 2.24) is 20.2 Å². The van der Waals surface area contributed by atoms with Crippen LogP contribution in [0.2, 0.25) is 0 Å². The first-order chi connectivity index (χ1) is 11.2. The van der Waals surface area contributed by atoms with Crippen molar-refractivity contribution in [1.29, 1.82) is 0 Å². The van der Waals surface area contributed by atoms with Crippen LogP contribution in [0.3, 0.4) is 0 Å². The van der Waals surface area contributed by atoms with E-state index in [1.807, 2.05) is 12.1 Å². The maximum atomic E-state index is 4.65. The summed E-state index contributed by atoms with van der Waals surface area (Å²) in [7, 11) is 0. The van der Waals surface area contributed by atoms with Crippen molar-refractivity contribution in [2.24, 2.45) is 4.99 Å². The first-order valence-corrected chi connectivity index (χ1v) is 9.14. The van der Waals surface area contributed by atoms with Crippen LogP contribution in [0.25, 0.3) is 0 Å². The molecule has 2 heterocycles. The monoisotopic (exact) mass is 333 g/mol. The molecular formula is C17H27N5S. The van der Waals surface area contributed by atoms with Gasteiger partial charge in [0.05, 0.1) is 10.7 Å². The van der Waals surface area contributed by atoms with Crippen LogP contribution in [-0.4, -0.2) is 35.1 Å². The van der Waals surface area contributed by atoms with E-state index in [1.165, 1.54) is 5.01 Å². The van der Waals surface area contributed by atoms with E-state index in [2.05, 4.69) is 63.7 Å². The first-order valence-electron chi connectivity index (χ1n) is 8.26. The average molecular weight is 334 g/mol. The van der Waals surface area contributed by atoms with Gasteiger partial charge in [-0.15, -0.1) is 11.3 Å². The molecule has 2 N–H and O–H groups in total. The standard InChI is InChI=1S/C17H27N5S/c1-4-18-17(20-9-12-22-10-5-6-11-22)19-8-7-15-13-23-16(21-15)14(2)3/h5-6,10-11,13-14H,4,7-9,12H2,1-3H3,(H2,18,19,20). The summed E-state index contributed by atoms with van der Waals surface area (Å²) in [5.41, 5.74) is 1.14. The van der Waals surface area contributed by atoms with Gasteiger partial charge in [0.15, 0.2) is 5.96 Å². The second-order valence-electron chi connectivity index (χ2n) is 5.69. The largest absolute Gasteiger partial charge is 0.357 e. The molecule has 0 unspecified atom stereocenters. The molecule has 0 saturated heterocycles. The molecule has 0 atom stereocenters. The Morgan fingerprint density at radius 1 is 1.30 bits per heavy atom. The second-order valence-corrected chi connectivity index (χ2v) is 6.58. The zero-order valence-electron chi connectivity index (χ0n) is 14.2. The molecule has 0 radical (unpaired) electrons. The van der Waals surface area contributed by atoms with Gasteiger partial charge in [-0.25, -0.2) is 4.98 Å². The van der Waals surface area contributed by atoms with Crippen molar-refractivity contribution >= 4 is 17.3 Å². The average Bonchev–Trinajstić information content (AvgIpc) is 3.18. The van der Waals surface area contributed by atoms with Crippen molar-refractivity contribution < 1.29 is 0 Å². The molecule has 0 amide bonds. The topological polar surface area (TPSA) is 54.2 Å². The predicted molar refractivity (Wildman–Crippen MR) is 98.3 cm³/mol. The fourth-order valence-corrected chi connectivity index (χ4v) is 3.02. The van der Waals surface area contributed by atoms with E-state index in [0.717, 1.165) is 44.3 Å². The number of aliphatic imine (C=N–C) groups is 1. The smallest absolute Gasteiger partial charge is 0.191 e. The van der Waals surface area contributed by atoms with Gasteiger partial charge >= 0.3 is 0 Å². The lowest BCUT2D eigenvalue weighted by Gasteiger charge is -2.11. The molecule has 0 bridgehead atoms. The summed E-state index contributed by atoms with van der Waals surface area (Å²) in [4.78, 5) is 9.29. The third kappa shape index (κ3) is 6.06. The normalized spacial score (nSPS) is 11.9. The van der Waals surface area contributed by atoms with E-state index in [1.54, 1.807) is 11.3 Å². The molecule has 0 saturated carbocycles. The molecule has 23 heavy (non-hydrogen) atoms. The fraction of sp³-hybridized carbons (Fsp3) is 0.529. The van der Waals surface area contributed by atoms with Gasteiger partial charge in [-0.3, -0.25) is 4.99 Å². The lowest BCUT2D eigenvalue weighted by atomic mass is 10.2. The number of aromatic nitrogens is 2. The summed E-state index contributed by atoms with van der Waals surface area (Å²) in [6, 6.07) is 4.08. The Kier molecular flexibility index (Phi) is 7.13. The van der Waals surface area contributed by atoms with E-state index >= 15 is 0 Å². The van der Waals surface area contributed by atoms with Crippen LogP contribution in [-0.2, 0) is 13.0 Å². The number of hydrogen-bond acceptors (Lipinski definition) is 3. The molecule has 0 fully saturated rings. The molecule has 0 aromatic carbocycles. The summed E-state index contributed by atoms with van der Waals surface area (Å²) in [5, 5.41) is 10.0. The van der Waals surface area contributed by atoms with Crippen LogP contribution >= 0.6 is 11.3 Å². The minimum absolute atomic E-state index is 0.505. The van der Waals surface area contributed by atoms with Crippen LogP contribution in [0.1, 0.15) is 37.4 Å². The lowest BCUT2D eigenvalue weighted by molar-refractivity contribution is 0.665. The molecule has 2 aromatic rings. The summed E-state index contributed by atoms with van der Waals surface area (Å²) < 4.78 is 2.15. The Hall–Kier alpha value is -1.82. The number of thiazole rings is 1. The van der Waals surface area contributed by atoms with Crippen molar-refractivity contribution in [2.75, 3.05) is 19.6 Å². The molecular weight excluding hydrogens is 306 g/mol. The Morgan fingerprint density at radius 2 is 2.09 bits per heavy atom. The highest BCUT2D eigenvalue weighted by molar-refractivity contribution is 7.09. The Bertz CT molecular complexity index is 586. The highest BCUT2D eigenvalue weighted by atomic mass is 32.1. The van der Waals surface area contributed by atoms with E-state index < -0.39 is 0 Å². The van der Waals surface area contributed by atoms with Crippen LogP contribution < -0.4 is 10.6 Å². The molecule has 0 spiro atoms. The van der Waals surface area contributed by atoms with Crippen molar-refractivity contribution in [3.05, 3.63) is 40.6 Å². The Balaban J connectivity index is 1.77. The van der Waals surface area contributed by atoms with E-state index in [9.17, 15) is 0 Å². The highest BCUT2D eigenvalue weighted by Gasteiger charge is 2.05. The van der Waals surface area contributed by atoms with Crippen LogP contribution in [0.15, 0.2) is 34.9 Å². The van der Waals surface area contributed by atoms with Crippen LogP contribution in [0, 0.1) is 0 Å². The number of rotatable bonds is 8. The maximum Gasteiger partial charge on any atom is 0.191 e. The Morgan fingerprint density at radius 3 is 2.74 bits per heavy atom. The SMILES string of the molecule is CCNC(=NCCc1csc(C(C)C)n1)NCCn1cccc1. The molecule has 0 aliphatic rings. The predicted octanol–water partition coefficient (Wildman–Crippen LogP) is 2.87. The third-order valence-electron chi connectivity index (χ3n) is 3.37. The van der Waals surface area contributed by atoms with Gasteiger partial charge in [-0.2, -0.15) is 0 Å². The molecule has 6 heteroatoms. The van der Waals surface area contributed by atoms with Gasteiger partial charge in [-0.1, -0.05) is 13.8 Å². The number of guanidine groups is 1. The van der Waals surface area contributed by atoms with E-state index in [4.69, 9.17) is 0 Å². The van der Waals surface area contributed by atoms with Crippen molar-refractivity contribution in [3.63, 3.8) is 0 Å². The maximum absolute atomic E-state index is 4.65. The first kappa shape index (κ1) is 17.5. The zero-order chi connectivity index (χ0) is 16.5. The van der Waals surface area contributed by atoms with Crippen LogP contribution in [0.4, 0.5) is 0 Å². The van der Waals surface area contributed by atoms with Gasteiger partial charge in [0.2, 0.25) is 0 Å². The summed E-state index contributed by atoms with van der Waals surface area (Å²) in [6.45, 7) is 9.84. The van der Waals surface area contributed by atoms with E-state index in [-0.39, 0.29) is 0 Å². The van der Waals surface area contributed by atoms with Gasteiger partial charge in [0.25, 0.3) is 0 Å². The second kappa shape index (κ2) is 9.35. The summed E-state index contributed by atoms with van der Waals surface area (Å²) in [6.07, 6.45) is 5.03. The minimum Gasteiger partial charge on any atom is -0.357 e. The highest BCUT2D eigenvalue weighted by Crippen LogP contribution is 2.19. The summed E-state index contributed by atoms with van der Waals surface area (Å²) in [5.74, 6) is 1.38. The lowest BCUT2D eigenvalue weighted by Crippen LogP contribution is -2.39. The van der Waals surface area contributed by atoms with Gasteiger partial charge in [-0.05, 0) is 19.1 Å². The minimum atomic E-state index is 0.505. The quantitative estimate of drug-likeness (QED) is 0.577. The molecule has 0 aliphatic heterocycles. The molecule has 2 aromatic heterocycles. The van der Waals surface area contributed by atoms with E-state index in [0.29, 0.717) is 5.92 Å². The molecule has 0 aliphatic carbocycles. The number of nitrogens with one attached hydrogen (secondary N) is 2. The fourth-order valence-electron chi connectivity index (χ4n) is 2.15. The molecule has 126 valence electrons. The van der Waals surface area contributed by atoms with Crippen molar-refractivity contribution in [3.8, 4) is 0 Å². The van der Waals surface area contributed by atoms with Gasteiger partial charge in [0.1, 0.15) is 0 Å². The van der Waals surface area contributed by atoms with Crippen molar-refractivity contribution in [2.45, 2.75) is 39.7 Å². The van der Waals surface area contributed by atoms with Crippen LogP contribution in [0.5, 0.6) is 0 Å². The Labute approximate surface area is 142 Å². The molecule has 2 rings (SSSR count). The molecule has 5 nitrogen and oxygen atoms in total. The number of nitrogens with zero attached hydrogens (tertiary/aromatic N) is 3. The third-order valence-corrected chi connectivity index (χ3v) is 4.57. The summed E-state index contributed by atoms with van der Waals surface area (Å²) >= 11 is 1.75. The van der Waals surface area contributed by atoms with Gasteiger partial charge < -0.3 is 15.2 Å². The number of hydrogen-bond donors (Lipinski definition) is 2. The zero-order valence-corrected chi connectivity index (χ0v) is 15.1. The van der Waals surface area contributed by atoms with Gasteiger partial charge in [0, 0.05) is 56.3 Å².